The molecule has 1 aliphatic heterocycles. The van der Waals surface area contributed by atoms with E-state index >= 15 is 0 Å². The van der Waals surface area contributed by atoms with Crippen LogP contribution in [0.15, 0.2) is 12.1 Å². The fourth-order valence-electron chi connectivity index (χ4n) is 2.03. The van der Waals surface area contributed by atoms with Crippen LogP contribution in [0.5, 0.6) is 11.5 Å². The number of carboxylic acid groups (broad SMARTS) is 1. The number of halogens is 1. The van der Waals surface area contributed by atoms with Crippen molar-refractivity contribution in [2.24, 2.45) is 5.73 Å². The summed E-state index contributed by atoms with van der Waals surface area (Å²) < 4.78 is 23.7. The van der Waals surface area contributed by atoms with Gasteiger partial charge in [-0.05, 0) is 24.1 Å². The lowest BCUT2D eigenvalue weighted by Gasteiger charge is -2.24. The van der Waals surface area contributed by atoms with Crippen molar-refractivity contribution < 1.29 is 23.8 Å². The first kappa shape index (κ1) is 13.6. The SMILES string of the molecule is NC(CCC(=O)O)c1cc(CF)cc2c1OCCO2. The molecule has 5 nitrogen and oxygen atoms in total. The molecule has 0 saturated carbocycles. The van der Waals surface area contributed by atoms with Gasteiger partial charge in [0.1, 0.15) is 19.9 Å². The zero-order valence-corrected chi connectivity index (χ0v) is 10.4. The Morgan fingerprint density at radius 2 is 2.16 bits per heavy atom. The van der Waals surface area contributed by atoms with Gasteiger partial charge in [-0.2, -0.15) is 0 Å². The lowest BCUT2D eigenvalue weighted by Crippen LogP contribution is -2.20. The summed E-state index contributed by atoms with van der Waals surface area (Å²) in [5.74, 6) is 0.0617. The van der Waals surface area contributed by atoms with Crippen LogP contribution in [0, 0.1) is 0 Å². The third kappa shape index (κ3) is 3.14. The Hall–Kier alpha value is -1.82. The first-order chi connectivity index (χ1) is 9.11. The van der Waals surface area contributed by atoms with Crippen molar-refractivity contribution in [1.82, 2.24) is 0 Å². The molecule has 6 heteroatoms. The number of ether oxygens (including phenoxy) is 2. The lowest BCUT2D eigenvalue weighted by atomic mass is 9.99. The van der Waals surface area contributed by atoms with Crippen LogP contribution in [0.3, 0.4) is 0 Å². The predicted molar refractivity (Wildman–Crippen MR) is 66.0 cm³/mol. The second-order valence-electron chi connectivity index (χ2n) is 4.38. The maximum Gasteiger partial charge on any atom is 0.303 e. The molecule has 2 rings (SSSR count). The average Bonchev–Trinajstić information content (AvgIpc) is 2.43. The standard InChI is InChI=1S/C13H16FNO4/c14-7-8-5-9(10(15)1-2-12(16)17)13-11(6-8)18-3-4-19-13/h5-6,10H,1-4,7,15H2,(H,16,17). The van der Waals surface area contributed by atoms with Crippen molar-refractivity contribution in [3.05, 3.63) is 23.3 Å². The van der Waals surface area contributed by atoms with Gasteiger partial charge in [-0.25, -0.2) is 4.39 Å². The Kier molecular flexibility index (Phi) is 4.21. The first-order valence-electron chi connectivity index (χ1n) is 6.07. The second-order valence-corrected chi connectivity index (χ2v) is 4.38. The number of fused-ring (bicyclic) bond motifs is 1. The Morgan fingerprint density at radius 1 is 1.42 bits per heavy atom. The zero-order chi connectivity index (χ0) is 13.8. The average molecular weight is 269 g/mol. The van der Waals surface area contributed by atoms with Gasteiger partial charge in [-0.15, -0.1) is 0 Å². The number of hydrogen-bond acceptors (Lipinski definition) is 4. The Bertz CT molecular complexity index is 478. The van der Waals surface area contributed by atoms with Gasteiger partial charge in [0.05, 0.1) is 0 Å². The molecule has 1 heterocycles. The van der Waals surface area contributed by atoms with Gasteiger partial charge in [-0.1, -0.05) is 0 Å². The minimum absolute atomic E-state index is 0.0450. The molecule has 0 saturated heterocycles. The van der Waals surface area contributed by atoms with Crippen molar-refractivity contribution in [3.8, 4) is 11.5 Å². The van der Waals surface area contributed by atoms with Gasteiger partial charge < -0.3 is 20.3 Å². The molecule has 1 aliphatic rings. The third-order valence-electron chi connectivity index (χ3n) is 2.95. The van der Waals surface area contributed by atoms with Gasteiger partial charge in [0.15, 0.2) is 11.5 Å². The molecule has 1 atom stereocenters. The van der Waals surface area contributed by atoms with Gasteiger partial charge in [-0.3, -0.25) is 4.79 Å². The summed E-state index contributed by atoms with van der Waals surface area (Å²) in [7, 11) is 0. The highest BCUT2D eigenvalue weighted by molar-refractivity contribution is 5.66. The summed E-state index contributed by atoms with van der Waals surface area (Å²) >= 11 is 0. The van der Waals surface area contributed by atoms with Crippen molar-refractivity contribution in [1.29, 1.82) is 0 Å². The fourth-order valence-corrected chi connectivity index (χ4v) is 2.03. The number of carbonyl (C=O) groups is 1. The Labute approximate surface area is 110 Å². The van der Waals surface area contributed by atoms with Crippen LogP contribution in [0.1, 0.15) is 30.0 Å². The molecule has 0 aromatic heterocycles. The van der Waals surface area contributed by atoms with E-state index in [0.717, 1.165) is 0 Å². The van der Waals surface area contributed by atoms with E-state index in [4.69, 9.17) is 20.3 Å². The van der Waals surface area contributed by atoms with Crippen LogP contribution in [-0.2, 0) is 11.5 Å². The van der Waals surface area contributed by atoms with Gasteiger partial charge in [0.25, 0.3) is 0 Å². The van der Waals surface area contributed by atoms with E-state index in [0.29, 0.717) is 35.8 Å². The summed E-state index contributed by atoms with van der Waals surface area (Å²) in [5.41, 5.74) is 7.02. The maximum atomic E-state index is 12.8. The molecule has 1 unspecified atom stereocenters. The van der Waals surface area contributed by atoms with Crippen molar-refractivity contribution in [2.75, 3.05) is 13.2 Å². The molecule has 0 spiro atoms. The number of nitrogens with two attached hydrogens (primary N) is 1. The monoisotopic (exact) mass is 269 g/mol. The van der Waals surface area contributed by atoms with E-state index in [1.165, 1.54) is 0 Å². The van der Waals surface area contributed by atoms with E-state index in [1.807, 2.05) is 0 Å². The van der Waals surface area contributed by atoms with Crippen molar-refractivity contribution >= 4 is 5.97 Å². The number of rotatable bonds is 5. The van der Waals surface area contributed by atoms with E-state index < -0.39 is 18.7 Å². The van der Waals surface area contributed by atoms with Crippen LogP contribution >= 0.6 is 0 Å². The summed E-state index contributed by atoms with van der Waals surface area (Å²) in [6, 6.07) is 2.68. The summed E-state index contributed by atoms with van der Waals surface area (Å²) in [6.45, 7) is 0.183. The largest absolute Gasteiger partial charge is 0.486 e. The normalized spacial score (nSPS) is 15.1. The zero-order valence-electron chi connectivity index (χ0n) is 10.4. The molecule has 0 bridgehead atoms. The quantitative estimate of drug-likeness (QED) is 0.851. The van der Waals surface area contributed by atoms with E-state index in [2.05, 4.69) is 0 Å². The van der Waals surface area contributed by atoms with Crippen LogP contribution in [0.25, 0.3) is 0 Å². The third-order valence-corrected chi connectivity index (χ3v) is 2.95. The number of aliphatic carboxylic acids is 1. The molecule has 0 fully saturated rings. The molecule has 0 aliphatic carbocycles. The molecule has 1 aromatic rings. The highest BCUT2D eigenvalue weighted by Crippen LogP contribution is 2.39. The number of alkyl halides is 1. The molecule has 1 aromatic carbocycles. The lowest BCUT2D eigenvalue weighted by molar-refractivity contribution is -0.137. The summed E-state index contributed by atoms with van der Waals surface area (Å²) in [6.07, 6.45) is 0.220. The molecule has 0 amide bonds. The maximum absolute atomic E-state index is 12.8. The van der Waals surface area contributed by atoms with E-state index in [-0.39, 0.29) is 12.8 Å². The second kappa shape index (κ2) is 5.88. The molecule has 104 valence electrons. The molecule has 3 N–H and O–H groups in total. The minimum atomic E-state index is -0.914. The molecule has 0 radical (unpaired) electrons. The first-order valence-corrected chi connectivity index (χ1v) is 6.07. The number of benzene rings is 1. The van der Waals surface area contributed by atoms with Crippen molar-refractivity contribution in [3.63, 3.8) is 0 Å². The van der Waals surface area contributed by atoms with Crippen LogP contribution in [-0.4, -0.2) is 24.3 Å². The van der Waals surface area contributed by atoms with E-state index in [1.54, 1.807) is 12.1 Å². The Morgan fingerprint density at radius 3 is 2.84 bits per heavy atom. The Balaban J connectivity index is 2.29. The van der Waals surface area contributed by atoms with Gasteiger partial charge in [0.2, 0.25) is 0 Å². The number of carboxylic acids is 1. The molecular formula is C13H16FNO4. The predicted octanol–water partition coefficient (Wildman–Crippen LogP) is 1.79. The smallest absolute Gasteiger partial charge is 0.303 e. The van der Waals surface area contributed by atoms with Gasteiger partial charge >= 0.3 is 5.97 Å². The highest BCUT2D eigenvalue weighted by Gasteiger charge is 2.22. The van der Waals surface area contributed by atoms with Crippen LogP contribution < -0.4 is 15.2 Å². The summed E-state index contributed by atoms with van der Waals surface area (Å²) in [5, 5.41) is 8.68. The number of hydrogen-bond donors (Lipinski definition) is 2. The topological polar surface area (TPSA) is 81.8 Å². The summed E-state index contributed by atoms with van der Waals surface area (Å²) in [4.78, 5) is 10.6. The minimum Gasteiger partial charge on any atom is -0.486 e. The highest BCUT2D eigenvalue weighted by atomic mass is 19.1. The van der Waals surface area contributed by atoms with Crippen LogP contribution in [0.2, 0.25) is 0 Å². The van der Waals surface area contributed by atoms with Gasteiger partial charge in [0, 0.05) is 18.0 Å². The molecule has 19 heavy (non-hydrogen) atoms. The van der Waals surface area contributed by atoms with Crippen molar-refractivity contribution in [2.45, 2.75) is 25.6 Å². The fraction of sp³-hybridized carbons (Fsp3) is 0.462. The molecular weight excluding hydrogens is 253 g/mol. The van der Waals surface area contributed by atoms with Crippen LogP contribution in [0.4, 0.5) is 4.39 Å². The van der Waals surface area contributed by atoms with E-state index in [9.17, 15) is 9.18 Å².